The molecule has 3 heteroatoms. The lowest BCUT2D eigenvalue weighted by Gasteiger charge is -2.18. The van der Waals surface area contributed by atoms with Crippen LogP contribution in [0.5, 0.6) is 0 Å². The summed E-state index contributed by atoms with van der Waals surface area (Å²) in [6.45, 7) is 5.87. The lowest BCUT2D eigenvalue weighted by Crippen LogP contribution is -2.31. The topological polar surface area (TPSA) is 51.8 Å². The molecule has 0 saturated heterocycles. The van der Waals surface area contributed by atoms with Crippen LogP contribution in [0.2, 0.25) is 0 Å². The van der Waals surface area contributed by atoms with Gasteiger partial charge in [0.25, 0.3) is 0 Å². The van der Waals surface area contributed by atoms with E-state index >= 15 is 0 Å². The van der Waals surface area contributed by atoms with Gasteiger partial charge in [-0.2, -0.15) is 0 Å². The molecule has 0 bridgehead atoms. The molecular formula is C17H21N3. The Bertz CT molecular complexity index is 654. The van der Waals surface area contributed by atoms with Crippen LogP contribution in [-0.2, 0) is 18.4 Å². The number of hydrogen-bond donors (Lipinski definition) is 1. The third-order valence-corrected chi connectivity index (χ3v) is 3.82. The summed E-state index contributed by atoms with van der Waals surface area (Å²) in [5, 5.41) is 0. The Morgan fingerprint density at radius 3 is 2.55 bits per heavy atom. The third-order valence-electron chi connectivity index (χ3n) is 3.82. The first kappa shape index (κ1) is 13.3. The molecule has 0 unspecified atom stereocenters. The number of fused-ring (bicyclic) bond motifs is 1. The van der Waals surface area contributed by atoms with Crippen molar-refractivity contribution in [1.82, 2.24) is 9.97 Å². The Hall–Kier alpha value is -1.74. The van der Waals surface area contributed by atoms with E-state index in [1.54, 1.807) is 0 Å². The Labute approximate surface area is 120 Å². The van der Waals surface area contributed by atoms with E-state index in [9.17, 15) is 0 Å². The molecule has 0 radical (unpaired) electrons. The van der Waals surface area contributed by atoms with Crippen molar-refractivity contribution in [3.63, 3.8) is 0 Å². The molecule has 1 aromatic heterocycles. The smallest absolute Gasteiger partial charge is 0.148 e. The monoisotopic (exact) mass is 267 g/mol. The van der Waals surface area contributed by atoms with Gasteiger partial charge in [-0.25, -0.2) is 9.97 Å². The SMILES string of the molecule is Cc1cc(-c2ccc3c(c2)CCC3)nc(C(C)(C)N)n1. The molecule has 2 N–H and O–H groups in total. The fraction of sp³-hybridized carbons (Fsp3) is 0.412. The van der Waals surface area contributed by atoms with Gasteiger partial charge in [0.1, 0.15) is 5.82 Å². The van der Waals surface area contributed by atoms with E-state index in [1.807, 2.05) is 26.8 Å². The number of hydrogen-bond acceptors (Lipinski definition) is 3. The number of nitrogens with two attached hydrogens (primary N) is 1. The van der Waals surface area contributed by atoms with Gasteiger partial charge < -0.3 is 5.73 Å². The molecule has 0 amide bonds. The standard InChI is InChI=1S/C17H21N3/c1-11-9-15(20-16(19-11)17(2,3)18)14-8-7-12-5-4-6-13(12)10-14/h7-10H,4-6,18H2,1-3H3. The van der Waals surface area contributed by atoms with Crippen LogP contribution >= 0.6 is 0 Å². The first-order chi connectivity index (χ1) is 9.43. The van der Waals surface area contributed by atoms with Crippen molar-refractivity contribution in [3.05, 3.63) is 46.9 Å². The van der Waals surface area contributed by atoms with E-state index in [0.29, 0.717) is 5.82 Å². The van der Waals surface area contributed by atoms with Crippen molar-refractivity contribution in [3.8, 4) is 11.3 Å². The van der Waals surface area contributed by atoms with Crippen LogP contribution in [0, 0.1) is 6.92 Å². The molecule has 1 aliphatic rings. The Morgan fingerprint density at radius 1 is 1.05 bits per heavy atom. The molecule has 1 aliphatic carbocycles. The molecule has 0 saturated carbocycles. The molecule has 1 heterocycles. The fourth-order valence-corrected chi connectivity index (χ4v) is 2.74. The minimum absolute atomic E-state index is 0.516. The van der Waals surface area contributed by atoms with E-state index in [0.717, 1.165) is 11.4 Å². The number of nitrogens with zero attached hydrogens (tertiary/aromatic N) is 2. The van der Waals surface area contributed by atoms with E-state index in [2.05, 4.69) is 28.2 Å². The summed E-state index contributed by atoms with van der Waals surface area (Å²) in [6, 6.07) is 8.71. The molecule has 2 aromatic rings. The second-order valence-electron chi connectivity index (χ2n) is 6.28. The zero-order valence-corrected chi connectivity index (χ0v) is 12.4. The van der Waals surface area contributed by atoms with Gasteiger partial charge in [-0.15, -0.1) is 0 Å². The maximum atomic E-state index is 6.14. The average molecular weight is 267 g/mol. The van der Waals surface area contributed by atoms with Crippen molar-refractivity contribution >= 4 is 0 Å². The minimum Gasteiger partial charge on any atom is -0.319 e. The molecule has 104 valence electrons. The molecule has 0 fully saturated rings. The number of aryl methyl sites for hydroxylation is 3. The molecule has 20 heavy (non-hydrogen) atoms. The van der Waals surface area contributed by atoms with Crippen molar-refractivity contribution in [2.75, 3.05) is 0 Å². The summed E-state index contributed by atoms with van der Waals surface area (Å²) in [7, 11) is 0. The zero-order valence-electron chi connectivity index (χ0n) is 12.4. The molecule has 0 aliphatic heterocycles. The van der Waals surface area contributed by atoms with E-state index < -0.39 is 5.54 Å². The van der Waals surface area contributed by atoms with Crippen LogP contribution in [-0.4, -0.2) is 9.97 Å². The summed E-state index contributed by atoms with van der Waals surface area (Å²) in [5.41, 5.74) is 11.7. The van der Waals surface area contributed by atoms with Crippen LogP contribution < -0.4 is 5.73 Å². The van der Waals surface area contributed by atoms with Crippen molar-refractivity contribution < 1.29 is 0 Å². The van der Waals surface area contributed by atoms with Gasteiger partial charge in [-0.1, -0.05) is 12.1 Å². The summed E-state index contributed by atoms with van der Waals surface area (Å²) in [4.78, 5) is 9.13. The van der Waals surface area contributed by atoms with Gasteiger partial charge in [0.2, 0.25) is 0 Å². The van der Waals surface area contributed by atoms with Gasteiger partial charge in [-0.3, -0.25) is 0 Å². The highest BCUT2D eigenvalue weighted by Gasteiger charge is 2.20. The number of benzene rings is 1. The molecule has 0 spiro atoms. The summed E-state index contributed by atoms with van der Waals surface area (Å²) in [5.74, 6) is 0.702. The zero-order chi connectivity index (χ0) is 14.3. The average Bonchev–Trinajstić information content (AvgIpc) is 2.84. The predicted molar refractivity (Wildman–Crippen MR) is 81.4 cm³/mol. The largest absolute Gasteiger partial charge is 0.319 e. The van der Waals surface area contributed by atoms with Crippen molar-refractivity contribution in [1.29, 1.82) is 0 Å². The highest BCUT2D eigenvalue weighted by atomic mass is 15.0. The highest BCUT2D eigenvalue weighted by Crippen LogP contribution is 2.28. The van der Waals surface area contributed by atoms with Crippen molar-refractivity contribution in [2.24, 2.45) is 5.73 Å². The molecule has 0 atom stereocenters. The lowest BCUT2D eigenvalue weighted by atomic mass is 10.0. The van der Waals surface area contributed by atoms with Crippen LogP contribution in [0.3, 0.4) is 0 Å². The second kappa shape index (κ2) is 4.67. The Balaban J connectivity index is 2.08. The molecule has 3 rings (SSSR count). The van der Waals surface area contributed by atoms with Crippen LogP contribution in [0.15, 0.2) is 24.3 Å². The normalized spacial score (nSPS) is 14.4. The minimum atomic E-state index is -0.516. The summed E-state index contributed by atoms with van der Waals surface area (Å²) < 4.78 is 0. The number of aromatic nitrogens is 2. The maximum Gasteiger partial charge on any atom is 0.148 e. The third kappa shape index (κ3) is 2.46. The number of rotatable bonds is 2. The highest BCUT2D eigenvalue weighted by molar-refractivity contribution is 5.62. The maximum absolute atomic E-state index is 6.14. The summed E-state index contributed by atoms with van der Waals surface area (Å²) >= 11 is 0. The lowest BCUT2D eigenvalue weighted by molar-refractivity contribution is 0.512. The molecule has 1 aromatic carbocycles. The van der Waals surface area contributed by atoms with E-state index in [4.69, 9.17) is 5.73 Å². The van der Waals surface area contributed by atoms with Crippen LogP contribution in [0.4, 0.5) is 0 Å². The second-order valence-corrected chi connectivity index (χ2v) is 6.28. The fourth-order valence-electron chi connectivity index (χ4n) is 2.74. The first-order valence-electron chi connectivity index (χ1n) is 7.21. The van der Waals surface area contributed by atoms with Gasteiger partial charge in [0, 0.05) is 11.3 Å². The molecular weight excluding hydrogens is 246 g/mol. The first-order valence-corrected chi connectivity index (χ1v) is 7.21. The van der Waals surface area contributed by atoms with E-state index in [1.165, 1.54) is 36.0 Å². The van der Waals surface area contributed by atoms with Gasteiger partial charge in [0.15, 0.2) is 0 Å². The molecule has 3 nitrogen and oxygen atoms in total. The van der Waals surface area contributed by atoms with E-state index in [-0.39, 0.29) is 0 Å². The van der Waals surface area contributed by atoms with Crippen LogP contribution in [0.25, 0.3) is 11.3 Å². The van der Waals surface area contributed by atoms with Gasteiger partial charge in [-0.05, 0) is 63.3 Å². The predicted octanol–water partition coefficient (Wildman–Crippen LogP) is 3.13. The van der Waals surface area contributed by atoms with Gasteiger partial charge in [0.05, 0.1) is 11.2 Å². The van der Waals surface area contributed by atoms with Crippen molar-refractivity contribution in [2.45, 2.75) is 45.6 Å². The Morgan fingerprint density at radius 2 is 1.80 bits per heavy atom. The summed E-state index contributed by atoms with van der Waals surface area (Å²) in [6.07, 6.45) is 3.66. The van der Waals surface area contributed by atoms with Crippen LogP contribution in [0.1, 0.15) is 42.9 Å². The van der Waals surface area contributed by atoms with Gasteiger partial charge >= 0.3 is 0 Å². The Kier molecular flexibility index (Phi) is 3.09. The quantitative estimate of drug-likeness (QED) is 0.909.